The lowest BCUT2D eigenvalue weighted by atomic mass is 10.3. The number of hydrogen-bond acceptors (Lipinski definition) is 5. The van der Waals surface area contributed by atoms with Gasteiger partial charge in [0.1, 0.15) is 11.3 Å². The van der Waals surface area contributed by atoms with Crippen LogP contribution in [0.5, 0.6) is 0 Å². The summed E-state index contributed by atoms with van der Waals surface area (Å²) < 4.78 is 6.37. The summed E-state index contributed by atoms with van der Waals surface area (Å²) in [5, 5.41) is 6.48. The zero-order chi connectivity index (χ0) is 13.2. The van der Waals surface area contributed by atoms with Crippen LogP contribution in [0.2, 0.25) is 0 Å². The SMILES string of the molecule is C[C@@H](NC(=O)c1cnc2ccccn12)c1ncon1. The Kier molecular flexibility index (Phi) is 2.71. The van der Waals surface area contributed by atoms with E-state index in [-0.39, 0.29) is 11.9 Å². The third kappa shape index (κ3) is 2.05. The van der Waals surface area contributed by atoms with Crippen LogP contribution in [0.15, 0.2) is 41.5 Å². The first-order chi connectivity index (χ1) is 9.25. The number of fused-ring (bicyclic) bond motifs is 1. The van der Waals surface area contributed by atoms with Gasteiger partial charge < -0.3 is 9.84 Å². The Morgan fingerprint density at radius 1 is 1.42 bits per heavy atom. The number of amides is 1. The Hall–Kier alpha value is -2.70. The lowest BCUT2D eigenvalue weighted by Gasteiger charge is -2.09. The lowest BCUT2D eigenvalue weighted by Crippen LogP contribution is -2.28. The fraction of sp³-hybridized carbons (Fsp3) is 0.167. The van der Waals surface area contributed by atoms with Gasteiger partial charge in [-0.05, 0) is 19.1 Å². The van der Waals surface area contributed by atoms with E-state index in [2.05, 4.69) is 25.0 Å². The first-order valence-electron chi connectivity index (χ1n) is 5.75. The van der Waals surface area contributed by atoms with E-state index >= 15 is 0 Å². The molecule has 3 rings (SSSR count). The van der Waals surface area contributed by atoms with Gasteiger partial charge in [0.2, 0.25) is 6.39 Å². The number of imidazole rings is 1. The van der Waals surface area contributed by atoms with Crippen molar-refractivity contribution in [1.82, 2.24) is 24.8 Å². The number of nitrogens with zero attached hydrogens (tertiary/aromatic N) is 4. The average molecular weight is 257 g/mol. The second-order valence-corrected chi connectivity index (χ2v) is 4.06. The number of aromatic nitrogens is 4. The average Bonchev–Trinajstić information content (AvgIpc) is 3.08. The molecule has 0 saturated heterocycles. The van der Waals surface area contributed by atoms with Crippen molar-refractivity contribution >= 4 is 11.6 Å². The predicted molar refractivity (Wildman–Crippen MR) is 65.4 cm³/mol. The van der Waals surface area contributed by atoms with Gasteiger partial charge in [0.25, 0.3) is 5.91 Å². The third-order valence-electron chi connectivity index (χ3n) is 2.76. The summed E-state index contributed by atoms with van der Waals surface area (Å²) in [5.74, 6) is 0.193. The Morgan fingerprint density at radius 2 is 2.32 bits per heavy atom. The molecule has 0 aliphatic carbocycles. The van der Waals surface area contributed by atoms with Gasteiger partial charge in [-0.15, -0.1) is 0 Å². The molecule has 0 aliphatic rings. The lowest BCUT2D eigenvalue weighted by molar-refractivity contribution is 0.0932. The second-order valence-electron chi connectivity index (χ2n) is 4.06. The van der Waals surface area contributed by atoms with Gasteiger partial charge in [0.05, 0.1) is 12.2 Å². The first-order valence-corrected chi connectivity index (χ1v) is 5.75. The first kappa shape index (κ1) is 11.4. The third-order valence-corrected chi connectivity index (χ3v) is 2.76. The van der Waals surface area contributed by atoms with Crippen molar-refractivity contribution in [3.05, 3.63) is 48.5 Å². The molecular weight excluding hydrogens is 246 g/mol. The molecule has 1 amide bonds. The van der Waals surface area contributed by atoms with Gasteiger partial charge in [0.15, 0.2) is 5.82 Å². The van der Waals surface area contributed by atoms with Gasteiger partial charge in [-0.2, -0.15) is 4.98 Å². The molecule has 19 heavy (non-hydrogen) atoms. The smallest absolute Gasteiger partial charge is 0.270 e. The summed E-state index contributed by atoms with van der Waals surface area (Å²) in [6.45, 7) is 1.78. The van der Waals surface area contributed by atoms with Crippen LogP contribution < -0.4 is 5.32 Å². The van der Waals surface area contributed by atoms with Crippen LogP contribution in [0.3, 0.4) is 0 Å². The van der Waals surface area contributed by atoms with Gasteiger partial charge in [-0.1, -0.05) is 11.2 Å². The van der Waals surface area contributed by atoms with Crippen LogP contribution in [-0.2, 0) is 0 Å². The molecule has 1 atom stereocenters. The number of carbonyl (C=O) groups excluding carboxylic acids is 1. The van der Waals surface area contributed by atoms with Crippen molar-refractivity contribution in [2.75, 3.05) is 0 Å². The molecule has 7 heteroatoms. The highest BCUT2D eigenvalue weighted by Gasteiger charge is 2.17. The van der Waals surface area contributed by atoms with E-state index in [0.29, 0.717) is 11.5 Å². The zero-order valence-electron chi connectivity index (χ0n) is 10.1. The molecule has 0 spiro atoms. The molecule has 0 aliphatic heterocycles. The molecule has 0 radical (unpaired) electrons. The number of rotatable bonds is 3. The molecular formula is C12H11N5O2. The minimum Gasteiger partial charge on any atom is -0.343 e. The van der Waals surface area contributed by atoms with Crippen LogP contribution >= 0.6 is 0 Å². The van der Waals surface area contributed by atoms with E-state index in [9.17, 15) is 4.79 Å². The molecule has 96 valence electrons. The predicted octanol–water partition coefficient (Wildman–Crippen LogP) is 1.21. The largest absolute Gasteiger partial charge is 0.343 e. The Bertz CT molecular complexity index is 704. The van der Waals surface area contributed by atoms with Crippen LogP contribution in [-0.4, -0.2) is 25.4 Å². The van der Waals surface area contributed by atoms with Gasteiger partial charge >= 0.3 is 0 Å². The summed E-state index contributed by atoms with van der Waals surface area (Å²) in [7, 11) is 0. The summed E-state index contributed by atoms with van der Waals surface area (Å²) in [6.07, 6.45) is 4.55. The number of carbonyl (C=O) groups is 1. The number of pyridine rings is 1. The maximum Gasteiger partial charge on any atom is 0.270 e. The monoisotopic (exact) mass is 257 g/mol. The molecule has 7 nitrogen and oxygen atoms in total. The Labute approximate surface area is 108 Å². The Balaban J connectivity index is 1.84. The second kappa shape index (κ2) is 4.52. The minimum absolute atomic E-state index is 0.240. The van der Waals surface area contributed by atoms with Crippen molar-refractivity contribution in [2.24, 2.45) is 0 Å². The summed E-state index contributed by atoms with van der Waals surface area (Å²) in [5.41, 5.74) is 1.19. The molecule has 0 saturated carbocycles. The molecule has 0 fully saturated rings. The van der Waals surface area contributed by atoms with E-state index < -0.39 is 0 Å². The number of nitrogens with one attached hydrogen (secondary N) is 1. The van der Waals surface area contributed by atoms with Crippen molar-refractivity contribution in [2.45, 2.75) is 13.0 Å². The summed E-state index contributed by atoms with van der Waals surface area (Å²) >= 11 is 0. The highest BCUT2D eigenvalue weighted by atomic mass is 16.5. The maximum absolute atomic E-state index is 12.2. The Morgan fingerprint density at radius 3 is 3.11 bits per heavy atom. The van der Waals surface area contributed by atoms with Crippen molar-refractivity contribution in [3.8, 4) is 0 Å². The topological polar surface area (TPSA) is 85.3 Å². The van der Waals surface area contributed by atoms with E-state index in [1.807, 2.05) is 18.2 Å². The maximum atomic E-state index is 12.2. The highest BCUT2D eigenvalue weighted by molar-refractivity contribution is 5.93. The fourth-order valence-corrected chi connectivity index (χ4v) is 1.81. The van der Waals surface area contributed by atoms with Crippen molar-refractivity contribution in [1.29, 1.82) is 0 Å². The number of hydrogen-bond donors (Lipinski definition) is 1. The van der Waals surface area contributed by atoms with E-state index in [0.717, 1.165) is 5.65 Å². The van der Waals surface area contributed by atoms with Gasteiger partial charge in [0, 0.05) is 6.20 Å². The molecule has 3 heterocycles. The normalized spacial score (nSPS) is 12.5. The molecule has 0 bridgehead atoms. The van der Waals surface area contributed by atoms with Crippen LogP contribution in [0.4, 0.5) is 0 Å². The molecule has 3 aromatic rings. The molecule has 0 aromatic carbocycles. The van der Waals surface area contributed by atoms with Gasteiger partial charge in [-0.3, -0.25) is 9.20 Å². The molecule has 3 aromatic heterocycles. The summed E-state index contributed by atoms with van der Waals surface area (Å²) in [6, 6.07) is 5.21. The van der Waals surface area contributed by atoms with Crippen LogP contribution in [0.25, 0.3) is 5.65 Å². The highest BCUT2D eigenvalue weighted by Crippen LogP contribution is 2.09. The standard InChI is InChI=1S/C12H11N5O2/c1-8(11-14-7-19-16-11)15-12(18)9-6-13-10-4-2-3-5-17(9)10/h2-8H,1H3,(H,15,18)/t8-/m1/s1. The van der Waals surface area contributed by atoms with Crippen LogP contribution in [0.1, 0.15) is 29.3 Å². The van der Waals surface area contributed by atoms with Crippen molar-refractivity contribution in [3.63, 3.8) is 0 Å². The summed E-state index contributed by atoms with van der Waals surface area (Å²) in [4.78, 5) is 20.2. The molecule has 0 unspecified atom stereocenters. The van der Waals surface area contributed by atoms with E-state index in [1.54, 1.807) is 17.5 Å². The van der Waals surface area contributed by atoms with Crippen molar-refractivity contribution < 1.29 is 9.32 Å². The fourth-order valence-electron chi connectivity index (χ4n) is 1.81. The zero-order valence-corrected chi connectivity index (χ0v) is 10.1. The minimum atomic E-state index is -0.333. The molecule has 1 N–H and O–H groups in total. The quantitative estimate of drug-likeness (QED) is 0.762. The van der Waals surface area contributed by atoms with E-state index in [1.165, 1.54) is 12.6 Å². The van der Waals surface area contributed by atoms with E-state index in [4.69, 9.17) is 0 Å². The van der Waals surface area contributed by atoms with Gasteiger partial charge in [-0.25, -0.2) is 4.98 Å². The van der Waals surface area contributed by atoms with Crippen LogP contribution in [0, 0.1) is 0 Å².